The highest BCUT2D eigenvalue weighted by atomic mass is 19.1. The van der Waals surface area contributed by atoms with Crippen LogP contribution in [-0.2, 0) is 4.74 Å². The van der Waals surface area contributed by atoms with Gasteiger partial charge in [0.05, 0.1) is 6.10 Å². The van der Waals surface area contributed by atoms with E-state index in [1.807, 2.05) is 0 Å². The SMILES string of the molecule is O=C(NC[C@@H]1CCCO1)c1noc(-c2ccc(F)cc2)n1. The van der Waals surface area contributed by atoms with Crippen molar-refractivity contribution in [1.29, 1.82) is 0 Å². The highest BCUT2D eigenvalue weighted by Gasteiger charge is 2.19. The molecule has 7 heteroatoms. The predicted octanol–water partition coefficient (Wildman–Crippen LogP) is 1.78. The zero-order valence-electron chi connectivity index (χ0n) is 11.2. The van der Waals surface area contributed by atoms with Crippen LogP contribution in [0.4, 0.5) is 4.39 Å². The zero-order chi connectivity index (χ0) is 14.7. The minimum absolute atomic E-state index is 0.0488. The Labute approximate surface area is 120 Å². The molecule has 2 aromatic rings. The molecule has 1 atom stereocenters. The van der Waals surface area contributed by atoms with Crippen LogP contribution >= 0.6 is 0 Å². The lowest BCUT2D eigenvalue weighted by Crippen LogP contribution is -2.32. The van der Waals surface area contributed by atoms with Crippen molar-refractivity contribution < 1.29 is 18.4 Å². The average molecular weight is 291 g/mol. The van der Waals surface area contributed by atoms with Crippen LogP contribution in [0.1, 0.15) is 23.5 Å². The van der Waals surface area contributed by atoms with Gasteiger partial charge in [-0.3, -0.25) is 4.79 Å². The Kier molecular flexibility index (Phi) is 3.92. The first-order valence-electron chi connectivity index (χ1n) is 6.72. The van der Waals surface area contributed by atoms with Crippen LogP contribution in [0.3, 0.4) is 0 Å². The van der Waals surface area contributed by atoms with Gasteiger partial charge in [-0.05, 0) is 37.1 Å². The maximum Gasteiger partial charge on any atom is 0.292 e. The van der Waals surface area contributed by atoms with Crippen molar-refractivity contribution in [2.24, 2.45) is 0 Å². The molecule has 1 aromatic carbocycles. The van der Waals surface area contributed by atoms with Crippen LogP contribution in [0.2, 0.25) is 0 Å². The Morgan fingerprint density at radius 2 is 2.19 bits per heavy atom. The van der Waals surface area contributed by atoms with Gasteiger partial charge in [0.15, 0.2) is 0 Å². The van der Waals surface area contributed by atoms with E-state index < -0.39 is 5.91 Å². The van der Waals surface area contributed by atoms with Crippen LogP contribution in [-0.4, -0.2) is 35.3 Å². The van der Waals surface area contributed by atoms with Crippen LogP contribution in [0, 0.1) is 5.82 Å². The number of nitrogens with one attached hydrogen (secondary N) is 1. The summed E-state index contributed by atoms with van der Waals surface area (Å²) in [5, 5.41) is 6.33. The number of hydrogen-bond donors (Lipinski definition) is 1. The molecule has 6 nitrogen and oxygen atoms in total. The number of carbonyl (C=O) groups excluding carboxylic acids is 1. The van der Waals surface area contributed by atoms with Crippen molar-refractivity contribution >= 4 is 5.91 Å². The number of nitrogens with zero attached hydrogens (tertiary/aromatic N) is 2. The zero-order valence-corrected chi connectivity index (χ0v) is 11.2. The normalized spacial score (nSPS) is 17.9. The summed E-state index contributed by atoms with van der Waals surface area (Å²) < 4.78 is 23.3. The van der Waals surface area contributed by atoms with Gasteiger partial charge >= 0.3 is 0 Å². The molecular weight excluding hydrogens is 277 g/mol. The van der Waals surface area contributed by atoms with Gasteiger partial charge in [-0.1, -0.05) is 5.16 Å². The maximum absolute atomic E-state index is 12.8. The number of halogens is 1. The van der Waals surface area contributed by atoms with Crippen molar-refractivity contribution in [1.82, 2.24) is 15.5 Å². The van der Waals surface area contributed by atoms with Crippen molar-refractivity contribution in [3.63, 3.8) is 0 Å². The lowest BCUT2D eigenvalue weighted by molar-refractivity contribution is 0.0847. The summed E-state index contributed by atoms with van der Waals surface area (Å²) in [5.74, 6) is -0.639. The highest BCUT2D eigenvalue weighted by Crippen LogP contribution is 2.17. The summed E-state index contributed by atoms with van der Waals surface area (Å²) in [5.41, 5.74) is 0.557. The summed E-state index contributed by atoms with van der Waals surface area (Å²) in [6, 6.07) is 5.60. The monoisotopic (exact) mass is 291 g/mol. The standard InChI is InChI=1S/C14H14FN3O3/c15-10-5-3-9(4-6-10)14-17-12(18-21-14)13(19)16-8-11-2-1-7-20-11/h3-6,11H,1-2,7-8H2,(H,16,19)/t11-/m0/s1. The molecular formula is C14H14FN3O3. The molecule has 1 fully saturated rings. The van der Waals surface area contributed by atoms with Gasteiger partial charge in [-0.15, -0.1) is 0 Å². The van der Waals surface area contributed by atoms with E-state index in [1.54, 1.807) is 0 Å². The Morgan fingerprint density at radius 1 is 1.38 bits per heavy atom. The molecule has 0 unspecified atom stereocenters. The number of aromatic nitrogens is 2. The van der Waals surface area contributed by atoms with Gasteiger partial charge in [0.25, 0.3) is 17.6 Å². The lowest BCUT2D eigenvalue weighted by Gasteiger charge is -2.08. The van der Waals surface area contributed by atoms with Crippen molar-refractivity contribution in [3.8, 4) is 11.5 Å². The first-order chi connectivity index (χ1) is 10.2. The molecule has 3 rings (SSSR count). The Bertz CT molecular complexity index is 621. The third kappa shape index (κ3) is 3.25. The van der Waals surface area contributed by atoms with Crippen molar-refractivity contribution in [3.05, 3.63) is 35.9 Å². The van der Waals surface area contributed by atoms with Gasteiger partial charge in [-0.2, -0.15) is 4.98 Å². The summed E-state index contributed by atoms with van der Waals surface area (Å²) in [6.07, 6.45) is 2.00. The van der Waals surface area contributed by atoms with E-state index in [0.717, 1.165) is 19.4 Å². The largest absolute Gasteiger partial charge is 0.376 e. The first-order valence-corrected chi connectivity index (χ1v) is 6.72. The molecule has 0 radical (unpaired) electrons. The molecule has 1 aliphatic rings. The molecule has 0 spiro atoms. The second-order valence-electron chi connectivity index (χ2n) is 4.78. The van der Waals surface area contributed by atoms with E-state index in [0.29, 0.717) is 12.1 Å². The van der Waals surface area contributed by atoms with Gasteiger partial charge in [0, 0.05) is 18.7 Å². The third-order valence-electron chi connectivity index (χ3n) is 3.23. The molecule has 0 saturated carbocycles. The van der Waals surface area contributed by atoms with Crippen LogP contribution < -0.4 is 5.32 Å². The molecule has 0 bridgehead atoms. The van der Waals surface area contributed by atoms with Gasteiger partial charge in [-0.25, -0.2) is 4.39 Å². The van der Waals surface area contributed by atoms with Crippen LogP contribution in [0.5, 0.6) is 0 Å². The Morgan fingerprint density at radius 3 is 2.90 bits per heavy atom. The molecule has 110 valence electrons. The molecule has 1 amide bonds. The molecule has 1 N–H and O–H groups in total. The molecule has 2 heterocycles. The molecule has 1 aromatic heterocycles. The number of ether oxygens (including phenoxy) is 1. The molecule has 1 saturated heterocycles. The van der Waals surface area contributed by atoms with Crippen molar-refractivity contribution in [2.45, 2.75) is 18.9 Å². The number of amides is 1. The number of carbonyl (C=O) groups is 1. The van der Waals surface area contributed by atoms with Gasteiger partial charge in [0.1, 0.15) is 5.82 Å². The minimum Gasteiger partial charge on any atom is -0.376 e. The Balaban J connectivity index is 1.63. The average Bonchev–Trinajstić information content (AvgIpc) is 3.17. The predicted molar refractivity (Wildman–Crippen MR) is 71.0 cm³/mol. The van der Waals surface area contributed by atoms with E-state index in [1.165, 1.54) is 24.3 Å². The Hall–Kier alpha value is -2.28. The summed E-state index contributed by atoms with van der Waals surface area (Å²) >= 11 is 0. The van der Waals surface area contributed by atoms with Gasteiger partial charge in [0.2, 0.25) is 0 Å². The second-order valence-corrected chi connectivity index (χ2v) is 4.78. The smallest absolute Gasteiger partial charge is 0.292 e. The third-order valence-corrected chi connectivity index (χ3v) is 3.23. The number of hydrogen-bond acceptors (Lipinski definition) is 5. The van der Waals surface area contributed by atoms with E-state index in [2.05, 4.69) is 15.5 Å². The number of rotatable bonds is 4. The number of benzene rings is 1. The first kappa shape index (κ1) is 13.7. The summed E-state index contributed by atoms with van der Waals surface area (Å²) in [6.45, 7) is 1.16. The van der Waals surface area contributed by atoms with Crippen LogP contribution in [0.15, 0.2) is 28.8 Å². The fourth-order valence-electron chi connectivity index (χ4n) is 2.12. The lowest BCUT2D eigenvalue weighted by atomic mass is 10.2. The minimum atomic E-state index is -0.414. The van der Waals surface area contributed by atoms with Gasteiger partial charge < -0.3 is 14.6 Å². The second kappa shape index (κ2) is 6.01. The molecule has 21 heavy (non-hydrogen) atoms. The maximum atomic E-state index is 12.8. The molecule has 1 aliphatic heterocycles. The quantitative estimate of drug-likeness (QED) is 0.929. The summed E-state index contributed by atoms with van der Waals surface area (Å²) in [4.78, 5) is 15.9. The van der Waals surface area contributed by atoms with E-state index >= 15 is 0 Å². The van der Waals surface area contributed by atoms with E-state index in [4.69, 9.17) is 9.26 Å². The molecule has 0 aliphatic carbocycles. The topological polar surface area (TPSA) is 77.2 Å². The van der Waals surface area contributed by atoms with Crippen LogP contribution in [0.25, 0.3) is 11.5 Å². The van der Waals surface area contributed by atoms with E-state index in [9.17, 15) is 9.18 Å². The highest BCUT2D eigenvalue weighted by molar-refractivity contribution is 5.90. The fourth-order valence-corrected chi connectivity index (χ4v) is 2.12. The van der Waals surface area contributed by atoms with Crippen molar-refractivity contribution in [2.75, 3.05) is 13.2 Å². The fraction of sp³-hybridized carbons (Fsp3) is 0.357. The summed E-state index contributed by atoms with van der Waals surface area (Å²) in [7, 11) is 0. The van der Waals surface area contributed by atoms with E-state index in [-0.39, 0.29) is 23.6 Å².